The number of hydrogen-bond donors (Lipinski definition) is 2. The molecule has 16 heavy (non-hydrogen) atoms. The molecule has 0 spiro atoms. The SMILES string of the molecule is CO[C@H]1CNCC1NC(=O)C1(C)CCCC1. The quantitative estimate of drug-likeness (QED) is 0.743. The van der Waals surface area contributed by atoms with Gasteiger partial charge in [-0.1, -0.05) is 19.8 Å². The van der Waals surface area contributed by atoms with Crippen molar-refractivity contribution in [2.24, 2.45) is 5.41 Å². The van der Waals surface area contributed by atoms with E-state index in [0.717, 1.165) is 25.9 Å². The molecular formula is C12H22N2O2. The van der Waals surface area contributed by atoms with Crippen LogP contribution in [0.4, 0.5) is 0 Å². The van der Waals surface area contributed by atoms with Gasteiger partial charge in [0, 0.05) is 25.6 Å². The van der Waals surface area contributed by atoms with Crippen molar-refractivity contribution in [2.75, 3.05) is 20.2 Å². The van der Waals surface area contributed by atoms with Crippen LogP contribution in [0.3, 0.4) is 0 Å². The number of rotatable bonds is 3. The summed E-state index contributed by atoms with van der Waals surface area (Å²) in [5.74, 6) is 0.209. The lowest BCUT2D eigenvalue weighted by atomic mass is 9.87. The highest BCUT2D eigenvalue weighted by atomic mass is 16.5. The molecule has 0 aromatic rings. The molecule has 2 rings (SSSR count). The van der Waals surface area contributed by atoms with Gasteiger partial charge in [0.25, 0.3) is 0 Å². The predicted molar refractivity (Wildman–Crippen MR) is 62.2 cm³/mol. The summed E-state index contributed by atoms with van der Waals surface area (Å²) in [4.78, 5) is 12.2. The van der Waals surface area contributed by atoms with Gasteiger partial charge in [0.1, 0.15) is 0 Å². The first kappa shape index (κ1) is 11.9. The third kappa shape index (κ3) is 2.23. The third-order valence-corrected chi connectivity index (χ3v) is 4.03. The van der Waals surface area contributed by atoms with Gasteiger partial charge in [-0.15, -0.1) is 0 Å². The fourth-order valence-electron chi connectivity index (χ4n) is 2.77. The summed E-state index contributed by atoms with van der Waals surface area (Å²) in [6.07, 6.45) is 4.53. The van der Waals surface area contributed by atoms with E-state index in [1.165, 1.54) is 12.8 Å². The number of nitrogens with one attached hydrogen (secondary N) is 2. The molecule has 1 amide bonds. The van der Waals surface area contributed by atoms with Gasteiger partial charge in [0.2, 0.25) is 5.91 Å². The summed E-state index contributed by atoms with van der Waals surface area (Å²) in [7, 11) is 1.70. The Morgan fingerprint density at radius 2 is 2.06 bits per heavy atom. The minimum Gasteiger partial charge on any atom is -0.378 e. The highest BCUT2D eigenvalue weighted by Crippen LogP contribution is 2.37. The fourth-order valence-corrected chi connectivity index (χ4v) is 2.77. The van der Waals surface area contributed by atoms with Gasteiger partial charge in [-0.25, -0.2) is 0 Å². The van der Waals surface area contributed by atoms with Gasteiger partial charge in [-0.05, 0) is 12.8 Å². The van der Waals surface area contributed by atoms with Crippen LogP contribution in [0.25, 0.3) is 0 Å². The van der Waals surface area contributed by atoms with Crippen molar-refractivity contribution >= 4 is 5.91 Å². The molecule has 2 atom stereocenters. The monoisotopic (exact) mass is 226 g/mol. The summed E-state index contributed by atoms with van der Waals surface area (Å²) in [6.45, 7) is 3.73. The number of methoxy groups -OCH3 is 1. The molecule has 1 saturated heterocycles. The molecule has 0 aromatic carbocycles. The van der Waals surface area contributed by atoms with Crippen molar-refractivity contribution in [2.45, 2.75) is 44.8 Å². The van der Waals surface area contributed by atoms with Crippen LogP contribution in [0.15, 0.2) is 0 Å². The van der Waals surface area contributed by atoms with E-state index in [9.17, 15) is 4.79 Å². The van der Waals surface area contributed by atoms with E-state index in [1.807, 2.05) is 0 Å². The summed E-state index contributed by atoms with van der Waals surface area (Å²) < 4.78 is 5.34. The topological polar surface area (TPSA) is 50.4 Å². The maximum atomic E-state index is 12.2. The van der Waals surface area contributed by atoms with Crippen molar-refractivity contribution in [3.8, 4) is 0 Å². The molecule has 0 aromatic heterocycles. The van der Waals surface area contributed by atoms with Crippen LogP contribution in [0.2, 0.25) is 0 Å². The zero-order chi connectivity index (χ0) is 11.6. The van der Waals surface area contributed by atoms with Gasteiger partial charge in [0.15, 0.2) is 0 Å². The Kier molecular flexibility index (Phi) is 3.50. The van der Waals surface area contributed by atoms with Crippen molar-refractivity contribution in [1.29, 1.82) is 0 Å². The van der Waals surface area contributed by atoms with E-state index < -0.39 is 0 Å². The Labute approximate surface area is 97.1 Å². The largest absolute Gasteiger partial charge is 0.378 e. The number of carbonyl (C=O) groups excluding carboxylic acids is 1. The van der Waals surface area contributed by atoms with Gasteiger partial charge < -0.3 is 15.4 Å². The van der Waals surface area contributed by atoms with Crippen LogP contribution < -0.4 is 10.6 Å². The van der Waals surface area contributed by atoms with Gasteiger partial charge in [0.05, 0.1) is 12.1 Å². The molecule has 1 aliphatic carbocycles. The third-order valence-electron chi connectivity index (χ3n) is 4.03. The molecule has 92 valence electrons. The lowest BCUT2D eigenvalue weighted by Crippen LogP contribution is -2.48. The van der Waals surface area contributed by atoms with E-state index in [2.05, 4.69) is 17.6 Å². The Morgan fingerprint density at radius 1 is 1.38 bits per heavy atom. The van der Waals surface area contributed by atoms with Crippen LogP contribution in [-0.4, -0.2) is 38.3 Å². The van der Waals surface area contributed by atoms with Crippen molar-refractivity contribution in [1.82, 2.24) is 10.6 Å². The highest BCUT2D eigenvalue weighted by Gasteiger charge is 2.39. The molecule has 4 nitrogen and oxygen atoms in total. The van der Waals surface area contributed by atoms with Crippen molar-refractivity contribution < 1.29 is 9.53 Å². The zero-order valence-corrected chi connectivity index (χ0v) is 10.2. The normalized spacial score (nSPS) is 32.9. The highest BCUT2D eigenvalue weighted by molar-refractivity contribution is 5.82. The lowest BCUT2D eigenvalue weighted by Gasteiger charge is -2.26. The van der Waals surface area contributed by atoms with Crippen LogP contribution in [0, 0.1) is 5.41 Å². The van der Waals surface area contributed by atoms with Crippen LogP contribution in [0.5, 0.6) is 0 Å². The lowest BCUT2D eigenvalue weighted by molar-refractivity contribution is -0.131. The molecule has 2 fully saturated rings. The Balaban J connectivity index is 1.91. The number of amides is 1. The maximum Gasteiger partial charge on any atom is 0.226 e. The van der Waals surface area contributed by atoms with Crippen LogP contribution in [-0.2, 0) is 9.53 Å². The second-order valence-electron chi connectivity index (χ2n) is 5.28. The van der Waals surface area contributed by atoms with E-state index in [4.69, 9.17) is 4.74 Å². The summed E-state index contributed by atoms with van der Waals surface area (Å²) in [6, 6.07) is 0.134. The zero-order valence-electron chi connectivity index (χ0n) is 10.2. The van der Waals surface area contributed by atoms with E-state index in [0.29, 0.717) is 0 Å². The van der Waals surface area contributed by atoms with Crippen molar-refractivity contribution in [3.63, 3.8) is 0 Å². The minimum atomic E-state index is -0.138. The van der Waals surface area contributed by atoms with Gasteiger partial charge in [-0.3, -0.25) is 4.79 Å². The van der Waals surface area contributed by atoms with E-state index in [-0.39, 0.29) is 23.5 Å². The first-order valence-corrected chi connectivity index (χ1v) is 6.20. The standard InChI is InChI=1S/C12H22N2O2/c1-12(5-3-4-6-12)11(15)14-9-7-13-8-10(9)16-2/h9-10,13H,3-8H2,1-2H3,(H,14,15)/t9?,10-/m0/s1. The number of ether oxygens (including phenoxy) is 1. The second kappa shape index (κ2) is 4.72. The number of carbonyl (C=O) groups is 1. The fraction of sp³-hybridized carbons (Fsp3) is 0.917. The Hall–Kier alpha value is -0.610. The van der Waals surface area contributed by atoms with Crippen LogP contribution >= 0.6 is 0 Å². The molecule has 1 aliphatic heterocycles. The molecule has 2 N–H and O–H groups in total. The first-order chi connectivity index (χ1) is 7.65. The average molecular weight is 226 g/mol. The average Bonchev–Trinajstić information content (AvgIpc) is 2.87. The van der Waals surface area contributed by atoms with Crippen molar-refractivity contribution in [3.05, 3.63) is 0 Å². The van der Waals surface area contributed by atoms with Gasteiger partial charge in [-0.2, -0.15) is 0 Å². The minimum absolute atomic E-state index is 0.119. The van der Waals surface area contributed by atoms with E-state index in [1.54, 1.807) is 7.11 Å². The van der Waals surface area contributed by atoms with E-state index >= 15 is 0 Å². The van der Waals surface area contributed by atoms with Gasteiger partial charge >= 0.3 is 0 Å². The molecule has 0 bridgehead atoms. The molecule has 4 heteroatoms. The van der Waals surface area contributed by atoms with Crippen LogP contribution in [0.1, 0.15) is 32.6 Å². The number of hydrogen-bond acceptors (Lipinski definition) is 3. The summed E-state index contributed by atoms with van der Waals surface area (Å²) in [5, 5.41) is 6.38. The molecular weight excluding hydrogens is 204 g/mol. The maximum absolute atomic E-state index is 12.2. The first-order valence-electron chi connectivity index (χ1n) is 6.20. The molecule has 1 unspecified atom stereocenters. The molecule has 1 saturated carbocycles. The molecule has 0 radical (unpaired) electrons. The smallest absolute Gasteiger partial charge is 0.226 e. The summed E-state index contributed by atoms with van der Waals surface area (Å²) >= 11 is 0. The second-order valence-corrected chi connectivity index (χ2v) is 5.28. The molecule has 2 aliphatic rings. The summed E-state index contributed by atoms with van der Waals surface area (Å²) in [5.41, 5.74) is -0.138. The Morgan fingerprint density at radius 3 is 2.69 bits per heavy atom. The molecule has 1 heterocycles. The Bertz CT molecular complexity index is 262. The predicted octanol–water partition coefficient (Wildman–Crippen LogP) is 0.670.